The fraction of sp³-hybridized carbons (Fsp3) is 0.450. The van der Waals surface area contributed by atoms with Crippen molar-refractivity contribution in [1.82, 2.24) is 0 Å². The number of nitrogens with zero attached hydrogens (tertiary/aromatic N) is 2. The van der Waals surface area contributed by atoms with Gasteiger partial charge in [-0.25, -0.2) is 0 Å². The van der Waals surface area contributed by atoms with E-state index in [0.717, 1.165) is 18.8 Å². The molecule has 1 aliphatic rings. The van der Waals surface area contributed by atoms with Gasteiger partial charge in [0.15, 0.2) is 5.75 Å². The molecule has 1 saturated carbocycles. The molecule has 0 spiro atoms. The van der Waals surface area contributed by atoms with Gasteiger partial charge in [0.25, 0.3) is 5.91 Å². The number of phenolic OH excluding ortho intramolecular Hbond substituents is 2. The van der Waals surface area contributed by atoms with Gasteiger partial charge in [-0.3, -0.25) is 4.79 Å². The summed E-state index contributed by atoms with van der Waals surface area (Å²) in [6.07, 6.45) is 8.79. The van der Waals surface area contributed by atoms with E-state index in [1.54, 1.807) is 24.3 Å². The number of amides is 1. The maximum absolute atomic E-state index is 11.9. The van der Waals surface area contributed by atoms with Crippen LogP contribution < -0.4 is 0 Å². The minimum atomic E-state index is -0.289. The first-order valence-electron chi connectivity index (χ1n) is 9.03. The van der Waals surface area contributed by atoms with Crippen LogP contribution in [-0.2, 0) is 4.79 Å². The van der Waals surface area contributed by atoms with Crippen molar-refractivity contribution in [3.63, 3.8) is 0 Å². The maximum Gasteiger partial charge on any atom is 0.264 e. The number of hydrogen-bond acceptors (Lipinski definition) is 4. The molecule has 0 unspecified atom stereocenters. The predicted molar refractivity (Wildman–Crippen MR) is 97.2 cm³/mol. The zero-order valence-corrected chi connectivity index (χ0v) is 14.3. The number of benzene rings is 2. The van der Waals surface area contributed by atoms with E-state index in [4.69, 9.17) is 0 Å². The van der Waals surface area contributed by atoms with Gasteiger partial charge in [-0.2, -0.15) is 0 Å². The van der Waals surface area contributed by atoms with Crippen LogP contribution in [-0.4, -0.2) is 16.1 Å². The molecule has 3 rings (SSSR count). The van der Waals surface area contributed by atoms with Crippen LogP contribution in [0.1, 0.15) is 51.4 Å². The van der Waals surface area contributed by atoms with Crippen LogP contribution in [0, 0.1) is 5.92 Å². The Labute approximate surface area is 147 Å². The van der Waals surface area contributed by atoms with E-state index >= 15 is 0 Å². The van der Waals surface area contributed by atoms with Crippen LogP contribution in [0.2, 0.25) is 0 Å². The smallest absolute Gasteiger partial charge is 0.264 e. The Morgan fingerprint density at radius 1 is 1.08 bits per heavy atom. The van der Waals surface area contributed by atoms with Crippen molar-refractivity contribution in [2.75, 3.05) is 0 Å². The number of rotatable bonds is 5. The predicted octanol–water partition coefficient (Wildman–Crippen LogP) is 5.61. The molecule has 0 atom stereocenters. The van der Waals surface area contributed by atoms with E-state index < -0.39 is 0 Å². The number of carbonyl (C=O) groups is 1. The van der Waals surface area contributed by atoms with E-state index in [0.29, 0.717) is 17.2 Å². The van der Waals surface area contributed by atoms with E-state index in [9.17, 15) is 15.0 Å². The SMILES string of the molecule is O=C(CCCC1CCCCC1)N=Nc1cc(O)c2ccccc2c1O. The van der Waals surface area contributed by atoms with Crippen molar-refractivity contribution in [2.24, 2.45) is 16.1 Å². The molecule has 2 aromatic carbocycles. The summed E-state index contributed by atoms with van der Waals surface area (Å²) in [5.41, 5.74) is 0.108. The highest BCUT2D eigenvalue weighted by atomic mass is 16.3. The lowest BCUT2D eigenvalue weighted by Crippen LogP contribution is -2.06. The lowest BCUT2D eigenvalue weighted by molar-refractivity contribution is -0.118. The Hall–Kier alpha value is -2.43. The van der Waals surface area contributed by atoms with Crippen LogP contribution in [0.5, 0.6) is 11.5 Å². The number of fused-ring (bicyclic) bond motifs is 1. The summed E-state index contributed by atoms with van der Waals surface area (Å²) in [6, 6.07) is 8.27. The minimum Gasteiger partial charge on any atom is -0.507 e. The largest absolute Gasteiger partial charge is 0.507 e. The topological polar surface area (TPSA) is 82.2 Å². The average Bonchev–Trinajstić information content (AvgIpc) is 2.64. The van der Waals surface area contributed by atoms with Crippen molar-refractivity contribution in [3.8, 4) is 11.5 Å². The molecule has 2 aromatic rings. The summed E-state index contributed by atoms with van der Waals surface area (Å²) in [4.78, 5) is 11.9. The van der Waals surface area contributed by atoms with Gasteiger partial charge in [-0.15, -0.1) is 10.2 Å². The van der Waals surface area contributed by atoms with Crippen molar-refractivity contribution < 1.29 is 15.0 Å². The molecule has 25 heavy (non-hydrogen) atoms. The molecule has 1 fully saturated rings. The fourth-order valence-electron chi connectivity index (χ4n) is 3.58. The van der Waals surface area contributed by atoms with E-state index in [1.165, 1.54) is 38.2 Å². The molecule has 132 valence electrons. The zero-order valence-electron chi connectivity index (χ0n) is 14.3. The number of azo groups is 1. The minimum absolute atomic E-state index is 0.00657. The summed E-state index contributed by atoms with van der Waals surface area (Å²) < 4.78 is 0. The number of hydrogen-bond donors (Lipinski definition) is 2. The molecule has 0 saturated heterocycles. The highest BCUT2D eigenvalue weighted by Crippen LogP contribution is 2.40. The molecular weight excluding hydrogens is 316 g/mol. The van der Waals surface area contributed by atoms with Gasteiger partial charge < -0.3 is 10.2 Å². The molecule has 0 aliphatic heterocycles. The van der Waals surface area contributed by atoms with Gasteiger partial charge in [0, 0.05) is 23.3 Å². The molecule has 0 heterocycles. The first kappa shape index (κ1) is 17.4. The monoisotopic (exact) mass is 340 g/mol. The number of carbonyl (C=O) groups excluding carboxylic acids is 1. The van der Waals surface area contributed by atoms with Crippen LogP contribution in [0.4, 0.5) is 5.69 Å². The summed E-state index contributed by atoms with van der Waals surface area (Å²) in [5.74, 6) is 0.391. The third kappa shape index (κ3) is 4.35. The fourth-order valence-corrected chi connectivity index (χ4v) is 3.58. The Morgan fingerprint density at radius 2 is 1.80 bits per heavy atom. The molecule has 0 aromatic heterocycles. The molecule has 1 aliphatic carbocycles. The highest BCUT2D eigenvalue weighted by molar-refractivity contribution is 5.96. The van der Waals surface area contributed by atoms with Crippen LogP contribution in [0.15, 0.2) is 40.6 Å². The van der Waals surface area contributed by atoms with Gasteiger partial charge in [-0.1, -0.05) is 56.4 Å². The van der Waals surface area contributed by atoms with Gasteiger partial charge in [-0.05, 0) is 18.8 Å². The molecular formula is C20H24N2O3. The molecule has 0 bridgehead atoms. The first-order valence-corrected chi connectivity index (χ1v) is 9.03. The van der Waals surface area contributed by atoms with E-state index in [1.807, 2.05) is 0 Å². The normalized spacial score (nSPS) is 15.8. The third-order valence-electron chi connectivity index (χ3n) is 4.97. The zero-order chi connectivity index (χ0) is 17.6. The van der Waals surface area contributed by atoms with Gasteiger partial charge >= 0.3 is 0 Å². The highest BCUT2D eigenvalue weighted by Gasteiger charge is 2.14. The Bertz CT molecular complexity index is 780. The molecule has 5 nitrogen and oxygen atoms in total. The van der Waals surface area contributed by atoms with Crippen molar-refractivity contribution >= 4 is 22.4 Å². The quantitative estimate of drug-likeness (QED) is 0.548. The lowest BCUT2D eigenvalue weighted by Gasteiger charge is -2.20. The second-order valence-corrected chi connectivity index (χ2v) is 6.80. The standard InChI is InChI=1S/C20H24N2O3/c23-18-13-17(20(25)16-11-5-4-10-15(16)18)21-22-19(24)12-6-9-14-7-2-1-3-8-14/h4-5,10-11,13-14,23,25H,1-3,6-9,12H2. The average molecular weight is 340 g/mol. The lowest BCUT2D eigenvalue weighted by atomic mass is 9.86. The maximum atomic E-state index is 11.9. The summed E-state index contributed by atoms with van der Waals surface area (Å²) in [5, 5.41) is 28.9. The Kier molecular flexibility index (Phi) is 5.64. The van der Waals surface area contributed by atoms with E-state index in [2.05, 4.69) is 10.2 Å². The van der Waals surface area contributed by atoms with Gasteiger partial charge in [0.1, 0.15) is 11.4 Å². The number of aromatic hydroxyl groups is 2. The molecule has 2 N–H and O–H groups in total. The first-order chi connectivity index (χ1) is 12.1. The van der Waals surface area contributed by atoms with Crippen LogP contribution in [0.25, 0.3) is 10.8 Å². The summed E-state index contributed by atoms with van der Waals surface area (Å²) in [7, 11) is 0. The van der Waals surface area contributed by atoms with Crippen molar-refractivity contribution in [3.05, 3.63) is 30.3 Å². The number of phenols is 2. The molecule has 5 heteroatoms. The van der Waals surface area contributed by atoms with Gasteiger partial charge in [0.2, 0.25) is 0 Å². The summed E-state index contributed by atoms with van der Waals surface area (Å²) in [6.45, 7) is 0. The van der Waals surface area contributed by atoms with Crippen LogP contribution >= 0.6 is 0 Å². The van der Waals surface area contributed by atoms with Crippen LogP contribution in [0.3, 0.4) is 0 Å². The molecule has 0 radical (unpaired) electrons. The second kappa shape index (κ2) is 8.10. The Balaban J connectivity index is 1.60. The summed E-state index contributed by atoms with van der Waals surface area (Å²) >= 11 is 0. The Morgan fingerprint density at radius 3 is 2.56 bits per heavy atom. The van der Waals surface area contributed by atoms with E-state index in [-0.39, 0.29) is 23.1 Å². The van der Waals surface area contributed by atoms with Gasteiger partial charge in [0.05, 0.1) is 0 Å². The van der Waals surface area contributed by atoms with Crippen molar-refractivity contribution in [1.29, 1.82) is 0 Å². The molecule has 1 amide bonds. The second-order valence-electron chi connectivity index (χ2n) is 6.80. The third-order valence-corrected chi connectivity index (χ3v) is 4.97. The van der Waals surface area contributed by atoms with Crippen molar-refractivity contribution in [2.45, 2.75) is 51.4 Å².